The minimum absolute atomic E-state index is 0.0800. The largest absolute Gasteiger partial charge is 0.384 e. The second-order valence-corrected chi connectivity index (χ2v) is 6.89. The molecule has 1 saturated heterocycles. The van der Waals surface area contributed by atoms with Crippen LogP contribution in [0.5, 0.6) is 0 Å². The first kappa shape index (κ1) is 17.7. The molecule has 0 radical (unpaired) electrons. The fourth-order valence-electron chi connectivity index (χ4n) is 3.18. The maximum Gasteiger partial charge on any atom is 0.255 e. The SMILES string of the molecule is COC[C@H]1CCCN(C(=O)c2ccc(N(C)CC(C)C)nc2)C1. The Morgan fingerprint density at radius 2 is 2.26 bits per heavy atom. The van der Waals surface area contributed by atoms with Crippen molar-refractivity contribution >= 4 is 11.7 Å². The fourth-order valence-corrected chi connectivity index (χ4v) is 3.18. The van der Waals surface area contributed by atoms with Crippen LogP contribution in [0, 0.1) is 11.8 Å². The van der Waals surface area contributed by atoms with Gasteiger partial charge in [0, 0.05) is 40.0 Å². The highest BCUT2D eigenvalue weighted by atomic mass is 16.5. The molecule has 5 nitrogen and oxygen atoms in total. The van der Waals surface area contributed by atoms with E-state index in [9.17, 15) is 4.79 Å². The van der Waals surface area contributed by atoms with Crippen molar-refractivity contribution in [3.63, 3.8) is 0 Å². The number of pyridine rings is 1. The van der Waals surface area contributed by atoms with Crippen molar-refractivity contribution in [1.82, 2.24) is 9.88 Å². The first-order valence-electron chi connectivity index (χ1n) is 8.46. The summed E-state index contributed by atoms with van der Waals surface area (Å²) in [6.07, 6.45) is 3.88. The Morgan fingerprint density at radius 1 is 1.48 bits per heavy atom. The van der Waals surface area contributed by atoms with Gasteiger partial charge in [0.2, 0.25) is 0 Å². The molecule has 1 atom stereocenters. The van der Waals surface area contributed by atoms with Gasteiger partial charge in [-0.15, -0.1) is 0 Å². The Kier molecular flexibility index (Phi) is 6.39. The molecule has 5 heteroatoms. The summed E-state index contributed by atoms with van der Waals surface area (Å²) in [6.45, 7) is 7.64. The monoisotopic (exact) mass is 319 g/mol. The van der Waals surface area contributed by atoms with Gasteiger partial charge in [-0.05, 0) is 36.8 Å². The summed E-state index contributed by atoms with van der Waals surface area (Å²) in [7, 11) is 3.75. The van der Waals surface area contributed by atoms with Crippen LogP contribution in [0.4, 0.5) is 5.82 Å². The molecule has 1 aromatic heterocycles. The smallest absolute Gasteiger partial charge is 0.255 e. The van der Waals surface area contributed by atoms with E-state index in [-0.39, 0.29) is 5.91 Å². The van der Waals surface area contributed by atoms with Gasteiger partial charge in [0.15, 0.2) is 0 Å². The quantitative estimate of drug-likeness (QED) is 0.809. The van der Waals surface area contributed by atoms with Crippen molar-refractivity contribution < 1.29 is 9.53 Å². The van der Waals surface area contributed by atoms with E-state index in [2.05, 4.69) is 23.7 Å². The van der Waals surface area contributed by atoms with Gasteiger partial charge in [-0.1, -0.05) is 13.8 Å². The zero-order valence-corrected chi connectivity index (χ0v) is 14.8. The third kappa shape index (κ3) is 4.93. The molecule has 0 N–H and O–H groups in total. The Balaban J connectivity index is 1.99. The number of hydrogen-bond acceptors (Lipinski definition) is 4. The number of aromatic nitrogens is 1. The van der Waals surface area contributed by atoms with Crippen LogP contribution in [0.2, 0.25) is 0 Å². The molecule has 1 amide bonds. The van der Waals surface area contributed by atoms with Crippen molar-refractivity contribution in [1.29, 1.82) is 0 Å². The second kappa shape index (κ2) is 8.29. The van der Waals surface area contributed by atoms with Crippen molar-refractivity contribution in [2.45, 2.75) is 26.7 Å². The van der Waals surface area contributed by atoms with E-state index in [0.29, 0.717) is 17.4 Å². The second-order valence-electron chi connectivity index (χ2n) is 6.89. The van der Waals surface area contributed by atoms with Crippen molar-refractivity contribution in [2.75, 3.05) is 45.3 Å². The molecule has 0 spiro atoms. The number of carbonyl (C=O) groups excluding carboxylic acids is 1. The molecule has 0 saturated carbocycles. The van der Waals surface area contributed by atoms with Crippen LogP contribution >= 0.6 is 0 Å². The van der Waals surface area contributed by atoms with Gasteiger partial charge in [-0.3, -0.25) is 4.79 Å². The summed E-state index contributed by atoms with van der Waals surface area (Å²) in [4.78, 5) is 21.1. The third-order valence-electron chi connectivity index (χ3n) is 4.23. The molecule has 0 bridgehead atoms. The Labute approximate surface area is 139 Å². The van der Waals surface area contributed by atoms with Crippen LogP contribution in [-0.4, -0.2) is 56.2 Å². The number of likely N-dealkylation sites (tertiary alicyclic amines) is 1. The number of anilines is 1. The van der Waals surface area contributed by atoms with Crippen molar-refractivity contribution in [3.05, 3.63) is 23.9 Å². The lowest BCUT2D eigenvalue weighted by molar-refractivity contribution is 0.0570. The lowest BCUT2D eigenvalue weighted by Gasteiger charge is -2.32. The fraction of sp³-hybridized carbons (Fsp3) is 0.667. The molecule has 23 heavy (non-hydrogen) atoms. The third-order valence-corrected chi connectivity index (χ3v) is 4.23. The van der Waals surface area contributed by atoms with Crippen molar-refractivity contribution in [3.8, 4) is 0 Å². The van der Waals surface area contributed by atoms with Crippen molar-refractivity contribution in [2.24, 2.45) is 11.8 Å². The van der Waals surface area contributed by atoms with E-state index in [1.165, 1.54) is 0 Å². The normalized spacial score (nSPS) is 18.3. The first-order valence-corrected chi connectivity index (χ1v) is 8.46. The highest BCUT2D eigenvalue weighted by Crippen LogP contribution is 2.19. The number of methoxy groups -OCH3 is 1. The van der Waals surface area contributed by atoms with Gasteiger partial charge in [0.05, 0.1) is 12.2 Å². The molecule has 0 unspecified atom stereocenters. The van der Waals surface area contributed by atoms with Gasteiger partial charge in [-0.25, -0.2) is 4.98 Å². The molecule has 1 fully saturated rings. The molecule has 0 aliphatic carbocycles. The minimum atomic E-state index is 0.0800. The molecule has 2 rings (SSSR count). The minimum Gasteiger partial charge on any atom is -0.384 e. The summed E-state index contributed by atoms with van der Waals surface area (Å²) in [5.41, 5.74) is 0.671. The molecule has 2 heterocycles. The van der Waals surface area contributed by atoms with E-state index in [0.717, 1.165) is 44.9 Å². The number of nitrogens with zero attached hydrogens (tertiary/aromatic N) is 3. The van der Waals surface area contributed by atoms with Gasteiger partial charge in [0.25, 0.3) is 5.91 Å². The highest BCUT2D eigenvalue weighted by Gasteiger charge is 2.24. The Hall–Kier alpha value is -1.62. The average Bonchev–Trinajstić information content (AvgIpc) is 2.54. The number of amides is 1. The summed E-state index contributed by atoms with van der Waals surface area (Å²) in [5.74, 6) is 2.01. The Bertz CT molecular complexity index is 499. The number of hydrogen-bond donors (Lipinski definition) is 0. The van der Waals surface area contributed by atoms with Gasteiger partial charge in [0.1, 0.15) is 5.82 Å². The lowest BCUT2D eigenvalue weighted by atomic mass is 9.98. The number of ether oxygens (including phenoxy) is 1. The van der Waals surface area contributed by atoms with Gasteiger partial charge < -0.3 is 14.5 Å². The summed E-state index contributed by atoms with van der Waals surface area (Å²) >= 11 is 0. The molecule has 1 aliphatic rings. The predicted molar refractivity (Wildman–Crippen MR) is 92.8 cm³/mol. The topological polar surface area (TPSA) is 45.7 Å². The summed E-state index contributed by atoms with van der Waals surface area (Å²) < 4.78 is 5.23. The van der Waals surface area contributed by atoms with Crippen LogP contribution in [0.25, 0.3) is 0 Å². The van der Waals surface area contributed by atoms with Crippen LogP contribution in [0.3, 0.4) is 0 Å². The van der Waals surface area contributed by atoms with Gasteiger partial charge >= 0.3 is 0 Å². The predicted octanol–water partition coefficient (Wildman–Crippen LogP) is 2.67. The summed E-state index contributed by atoms with van der Waals surface area (Å²) in [5, 5.41) is 0. The maximum atomic E-state index is 12.6. The van der Waals surface area contributed by atoms with E-state index >= 15 is 0 Å². The van der Waals surface area contributed by atoms with Crippen LogP contribution < -0.4 is 4.90 Å². The number of carbonyl (C=O) groups is 1. The van der Waals surface area contributed by atoms with E-state index < -0.39 is 0 Å². The molecule has 128 valence electrons. The Morgan fingerprint density at radius 3 is 2.87 bits per heavy atom. The lowest BCUT2D eigenvalue weighted by Crippen LogP contribution is -2.41. The molecule has 0 aromatic carbocycles. The number of rotatable bonds is 6. The van der Waals surface area contributed by atoms with Crippen LogP contribution in [0.15, 0.2) is 18.3 Å². The first-order chi connectivity index (χ1) is 11.0. The molecule has 1 aliphatic heterocycles. The van der Waals surface area contributed by atoms with E-state index in [1.807, 2.05) is 24.1 Å². The zero-order chi connectivity index (χ0) is 16.8. The van der Waals surface area contributed by atoms with E-state index in [4.69, 9.17) is 4.74 Å². The highest BCUT2D eigenvalue weighted by molar-refractivity contribution is 5.94. The maximum absolute atomic E-state index is 12.6. The van der Waals surface area contributed by atoms with E-state index in [1.54, 1.807) is 13.3 Å². The van der Waals surface area contributed by atoms with Crippen LogP contribution in [0.1, 0.15) is 37.0 Å². The molecular weight excluding hydrogens is 290 g/mol. The van der Waals surface area contributed by atoms with Gasteiger partial charge in [-0.2, -0.15) is 0 Å². The molecule has 1 aromatic rings. The average molecular weight is 319 g/mol. The molecular formula is C18H29N3O2. The summed E-state index contributed by atoms with van der Waals surface area (Å²) in [6, 6.07) is 3.83. The standard InChI is InChI=1S/C18H29N3O2/c1-14(2)11-20(3)17-8-7-16(10-19-17)18(22)21-9-5-6-15(12-21)13-23-4/h7-8,10,14-15H,5-6,9,11-13H2,1-4H3/t15-/m0/s1. The zero-order valence-electron chi connectivity index (χ0n) is 14.8. The number of piperidine rings is 1. The van der Waals surface area contributed by atoms with Crippen LogP contribution in [-0.2, 0) is 4.74 Å².